The first kappa shape index (κ1) is 29.5. The van der Waals surface area contributed by atoms with E-state index in [1.807, 2.05) is 60.7 Å². The fraction of sp³-hybridized carbons (Fsp3) is 0.462. The summed E-state index contributed by atoms with van der Waals surface area (Å²) in [7, 11) is -1.53. The van der Waals surface area contributed by atoms with Crippen molar-refractivity contribution in [3.05, 3.63) is 71.8 Å². The van der Waals surface area contributed by atoms with Crippen LogP contribution in [0.4, 0.5) is 0 Å². The second kappa shape index (κ2) is 12.3. The summed E-state index contributed by atoms with van der Waals surface area (Å²) in [5.41, 5.74) is 7.83. The summed E-state index contributed by atoms with van der Waals surface area (Å²) in [4.78, 5) is 22.6. The second-order valence-corrected chi connectivity index (χ2v) is 15.0. The van der Waals surface area contributed by atoms with Gasteiger partial charge in [-0.05, 0) is 36.8 Å². The number of hydrogen-bond donors (Lipinski definition) is 4. The van der Waals surface area contributed by atoms with Gasteiger partial charge in [0.15, 0.2) is 0 Å². The summed E-state index contributed by atoms with van der Waals surface area (Å²) >= 11 is 0. The van der Waals surface area contributed by atoms with E-state index in [0.29, 0.717) is 6.42 Å². The van der Waals surface area contributed by atoms with E-state index < -0.39 is 19.1 Å². The van der Waals surface area contributed by atoms with Crippen LogP contribution in [0.5, 0.6) is 0 Å². The number of hydrogen-bond acceptors (Lipinski definition) is 7. The number of halogens is 1. The van der Waals surface area contributed by atoms with Gasteiger partial charge in [-0.25, -0.2) is 21.6 Å². The Morgan fingerprint density at radius 2 is 1.18 bits per heavy atom. The lowest BCUT2D eigenvalue weighted by Gasteiger charge is -2.20. The molecule has 10 nitrogen and oxygen atoms in total. The van der Waals surface area contributed by atoms with Gasteiger partial charge in [0.05, 0.1) is 28.6 Å². The minimum atomic E-state index is -3.28. The first-order valence-corrected chi connectivity index (χ1v) is 16.7. The molecular weight excluding hydrogens is 564 g/mol. The normalized spacial score (nSPS) is 26.4. The minimum absolute atomic E-state index is 0.00583. The summed E-state index contributed by atoms with van der Waals surface area (Å²) in [5, 5.41) is 5.21. The molecule has 0 bridgehead atoms. The van der Waals surface area contributed by atoms with Crippen molar-refractivity contribution in [2.75, 3.05) is 0 Å². The van der Waals surface area contributed by atoms with Crippen LogP contribution in [-0.2, 0) is 28.7 Å². The van der Waals surface area contributed by atoms with Crippen molar-refractivity contribution in [1.82, 2.24) is 15.4 Å². The Morgan fingerprint density at radius 1 is 0.718 bits per heavy atom. The predicted molar refractivity (Wildman–Crippen MR) is 149 cm³/mol. The lowest BCUT2D eigenvalue weighted by atomic mass is 10.0. The van der Waals surface area contributed by atoms with E-state index in [1.54, 1.807) is 0 Å². The molecular formula is C26H33ClN4O6S2. The number of amides is 2. The van der Waals surface area contributed by atoms with Gasteiger partial charge in [0.1, 0.15) is 0 Å². The number of carbonyl (C=O) groups excluding carboxylic acids is 2. The molecule has 1 unspecified atom stereocenters. The van der Waals surface area contributed by atoms with Crippen LogP contribution in [0.1, 0.15) is 61.7 Å². The summed E-state index contributed by atoms with van der Waals surface area (Å²) in [6.07, 6.45) is 3.58. The van der Waals surface area contributed by atoms with Crippen molar-refractivity contribution in [2.45, 2.75) is 73.2 Å². The molecule has 4 atom stereocenters. The average molecular weight is 597 g/mol. The van der Waals surface area contributed by atoms with Crippen LogP contribution in [-0.4, -0.2) is 51.2 Å². The van der Waals surface area contributed by atoms with Crippen molar-refractivity contribution < 1.29 is 26.4 Å². The highest BCUT2D eigenvalue weighted by Gasteiger charge is 2.41. The maximum atomic E-state index is 12.0. The largest absolute Gasteiger partial charge is 0.348 e. The number of nitrogens with one attached hydrogen (secondary N) is 3. The van der Waals surface area contributed by atoms with E-state index in [-0.39, 0.29) is 52.9 Å². The number of nitrogens with two attached hydrogens (primary N) is 1. The van der Waals surface area contributed by atoms with Crippen molar-refractivity contribution in [2.24, 2.45) is 5.73 Å². The zero-order valence-corrected chi connectivity index (χ0v) is 23.6. The van der Waals surface area contributed by atoms with Crippen molar-refractivity contribution in [1.29, 1.82) is 0 Å². The molecule has 5 N–H and O–H groups in total. The third-order valence-electron chi connectivity index (χ3n) is 6.81. The topological polar surface area (TPSA) is 165 Å². The van der Waals surface area contributed by atoms with Gasteiger partial charge in [-0.3, -0.25) is 9.59 Å². The summed E-state index contributed by atoms with van der Waals surface area (Å²) in [6.45, 7) is 0. The average Bonchev–Trinajstić information content (AvgIpc) is 3.80. The Labute approximate surface area is 233 Å². The Hall–Kier alpha value is -2.51. The Bertz CT molecular complexity index is 1370. The monoisotopic (exact) mass is 596 g/mol. The highest BCUT2D eigenvalue weighted by atomic mass is 35.7. The van der Waals surface area contributed by atoms with Crippen LogP contribution in [0.2, 0.25) is 0 Å². The molecule has 2 aromatic carbocycles. The maximum Gasteiger partial charge on any atom is 0.235 e. The fourth-order valence-electron chi connectivity index (χ4n) is 4.43. The van der Waals surface area contributed by atoms with Gasteiger partial charge in [0.2, 0.25) is 30.9 Å². The Morgan fingerprint density at radius 3 is 1.59 bits per heavy atom. The van der Waals surface area contributed by atoms with E-state index in [2.05, 4.69) is 15.4 Å². The number of benzene rings is 2. The van der Waals surface area contributed by atoms with Crippen LogP contribution in [0, 0.1) is 0 Å². The van der Waals surface area contributed by atoms with Crippen LogP contribution < -0.4 is 21.1 Å². The number of carbonyl (C=O) groups is 2. The van der Waals surface area contributed by atoms with E-state index in [0.717, 1.165) is 36.8 Å². The van der Waals surface area contributed by atoms with E-state index in [1.165, 1.54) is 0 Å². The zero-order chi connectivity index (χ0) is 28.2. The van der Waals surface area contributed by atoms with Gasteiger partial charge in [-0.1, -0.05) is 60.7 Å². The van der Waals surface area contributed by atoms with Gasteiger partial charge < -0.3 is 16.4 Å². The second-order valence-electron chi connectivity index (χ2n) is 10.1. The number of rotatable bonds is 6. The van der Waals surface area contributed by atoms with Crippen molar-refractivity contribution in [3.8, 4) is 0 Å². The standard InChI is InChI=1S/C13H16N2O3S.C10H12N2O.C3H5ClO2S/c16-12-8-11(15-19(17,18)10-6-7-10)13(14-12)9-4-2-1-3-5-9;11-8-6-9(13)12-10(8)7-4-2-1-3-5-7;4-7(5,6)3-1-2-3/h1-5,10-11,13,15H,6-8H2,(H,14,16);1-5,8,10H,6,11H2,(H,12,13);3H,1-2H2/t11-,13+;8?,10-;/m01./s1. The molecule has 0 spiro atoms. The van der Waals surface area contributed by atoms with Gasteiger partial charge in [0, 0.05) is 29.6 Å². The molecule has 2 amide bonds. The first-order chi connectivity index (χ1) is 18.4. The molecule has 13 heteroatoms. The third-order valence-corrected chi connectivity index (χ3v) is 10.8. The molecule has 4 fully saturated rings. The van der Waals surface area contributed by atoms with E-state index in [9.17, 15) is 26.4 Å². The molecule has 2 aliphatic carbocycles. The van der Waals surface area contributed by atoms with Crippen molar-refractivity contribution in [3.63, 3.8) is 0 Å². The van der Waals surface area contributed by atoms with Gasteiger partial charge in [-0.2, -0.15) is 0 Å². The molecule has 0 radical (unpaired) electrons. The van der Waals surface area contributed by atoms with Crippen LogP contribution in [0.25, 0.3) is 0 Å². The lowest BCUT2D eigenvalue weighted by molar-refractivity contribution is -0.120. The predicted octanol–water partition coefficient (Wildman–Crippen LogP) is 1.99. The zero-order valence-electron chi connectivity index (χ0n) is 21.2. The van der Waals surface area contributed by atoms with E-state index in [4.69, 9.17) is 16.4 Å². The highest BCUT2D eigenvalue weighted by Crippen LogP contribution is 2.31. The van der Waals surface area contributed by atoms with Crippen molar-refractivity contribution >= 4 is 41.6 Å². The van der Waals surface area contributed by atoms with Crippen LogP contribution in [0.3, 0.4) is 0 Å². The molecule has 212 valence electrons. The molecule has 4 aliphatic rings. The molecule has 2 aliphatic heterocycles. The fourth-order valence-corrected chi connectivity index (χ4v) is 7.26. The molecule has 2 heterocycles. The van der Waals surface area contributed by atoms with Crippen LogP contribution in [0.15, 0.2) is 60.7 Å². The van der Waals surface area contributed by atoms with E-state index >= 15 is 0 Å². The van der Waals surface area contributed by atoms with Gasteiger partial charge in [0.25, 0.3) is 0 Å². The number of sulfonamides is 1. The molecule has 39 heavy (non-hydrogen) atoms. The van der Waals surface area contributed by atoms with Crippen LogP contribution >= 0.6 is 10.7 Å². The SMILES string of the molecule is NC1CC(=O)N[C@@H]1c1ccccc1.O=C1C[C@H](NS(=O)(=O)C2CC2)[C@@H](c2ccccc2)N1.O=S(=O)(Cl)C1CC1. The maximum absolute atomic E-state index is 12.0. The lowest BCUT2D eigenvalue weighted by Crippen LogP contribution is -2.40. The Kier molecular flexibility index (Phi) is 9.33. The molecule has 0 aromatic heterocycles. The quantitative estimate of drug-likeness (QED) is 0.370. The summed E-state index contributed by atoms with van der Waals surface area (Å²) < 4.78 is 47.0. The van der Waals surface area contributed by atoms with Gasteiger partial charge in [-0.15, -0.1) is 0 Å². The first-order valence-electron chi connectivity index (χ1n) is 12.8. The minimum Gasteiger partial charge on any atom is -0.348 e. The molecule has 2 saturated carbocycles. The highest BCUT2D eigenvalue weighted by molar-refractivity contribution is 8.14. The van der Waals surface area contributed by atoms with Gasteiger partial charge >= 0.3 is 0 Å². The third kappa shape index (κ3) is 8.49. The summed E-state index contributed by atoms with van der Waals surface area (Å²) in [5.74, 6) is -0.0706. The smallest absolute Gasteiger partial charge is 0.235 e. The molecule has 2 aromatic rings. The molecule has 6 rings (SSSR count). The summed E-state index contributed by atoms with van der Waals surface area (Å²) in [6, 6.07) is 18.5. The molecule has 2 saturated heterocycles. The Balaban J connectivity index is 0.000000152.